The maximum atomic E-state index is 16.2. The molecule has 0 amide bonds. The van der Waals surface area contributed by atoms with E-state index in [4.69, 9.17) is 14.2 Å². The molecule has 0 aromatic heterocycles. The maximum absolute atomic E-state index is 16.2. The van der Waals surface area contributed by atoms with E-state index in [1.807, 2.05) is 24.3 Å². The first-order chi connectivity index (χ1) is 27.4. The molecule has 0 bridgehead atoms. The van der Waals surface area contributed by atoms with Crippen molar-refractivity contribution in [3.63, 3.8) is 0 Å². The van der Waals surface area contributed by atoms with Crippen molar-refractivity contribution in [1.29, 1.82) is 0 Å². The van der Waals surface area contributed by atoms with Crippen LogP contribution in [0.25, 0.3) is 22.3 Å². The first-order valence-electron chi connectivity index (χ1n) is 20.9. The van der Waals surface area contributed by atoms with Crippen molar-refractivity contribution in [1.82, 2.24) is 0 Å². The van der Waals surface area contributed by atoms with Crippen molar-refractivity contribution in [3.05, 3.63) is 101 Å². The van der Waals surface area contributed by atoms with Gasteiger partial charge < -0.3 is 24.4 Å². The molecule has 0 saturated heterocycles. The third-order valence-corrected chi connectivity index (χ3v) is 11.4. The van der Waals surface area contributed by atoms with E-state index in [0.717, 1.165) is 28.2 Å². The Hall–Kier alpha value is -4.27. The van der Waals surface area contributed by atoms with Crippen LogP contribution in [0, 0.1) is 17.2 Å². The van der Waals surface area contributed by atoms with Gasteiger partial charge in [-0.3, -0.25) is 0 Å². The van der Waals surface area contributed by atoms with Crippen LogP contribution < -0.4 is 4.74 Å². The summed E-state index contributed by atoms with van der Waals surface area (Å²) in [4.78, 5) is 24.2. The summed E-state index contributed by atoms with van der Waals surface area (Å²) in [6, 6.07) is 17.9. The number of carbonyl (C=O) groups is 2. The van der Waals surface area contributed by atoms with Crippen molar-refractivity contribution in [2.45, 2.75) is 117 Å². The molecule has 3 aromatic carbocycles. The molecule has 57 heavy (non-hydrogen) atoms. The Morgan fingerprint density at radius 2 is 1.32 bits per heavy atom. The predicted octanol–water partition coefficient (Wildman–Crippen LogP) is 10.9. The van der Waals surface area contributed by atoms with E-state index in [0.29, 0.717) is 66.0 Å². The average Bonchev–Trinajstić information content (AvgIpc) is 3.21. The Bertz CT molecular complexity index is 1730. The predicted molar refractivity (Wildman–Crippen MR) is 227 cm³/mol. The Labute approximate surface area is 340 Å². The minimum absolute atomic E-state index is 0.163. The van der Waals surface area contributed by atoms with Gasteiger partial charge in [0.05, 0.1) is 33.0 Å². The highest BCUT2D eigenvalue weighted by molar-refractivity contribution is 5.87. The number of unbranched alkanes of at least 4 members (excludes halogenated alkanes) is 2. The van der Waals surface area contributed by atoms with Gasteiger partial charge in [-0.1, -0.05) is 89.1 Å². The van der Waals surface area contributed by atoms with Gasteiger partial charge in [0.25, 0.3) is 0 Å². The van der Waals surface area contributed by atoms with E-state index < -0.39 is 17.4 Å². The monoisotopic (exact) mass is 784 g/mol. The number of ether oxygens (including phenoxy) is 3. The Morgan fingerprint density at radius 1 is 0.754 bits per heavy atom. The highest BCUT2D eigenvalue weighted by Crippen LogP contribution is 2.39. The average molecular weight is 785 g/mol. The zero-order chi connectivity index (χ0) is 41.4. The number of benzene rings is 3. The van der Waals surface area contributed by atoms with Crippen molar-refractivity contribution in [2.75, 3.05) is 33.0 Å². The van der Waals surface area contributed by atoms with Gasteiger partial charge in [0.2, 0.25) is 0 Å². The second-order valence-corrected chi connectivity index (χ2v) is 16.4. The fraction of sp³-hybridized carbons (Fsp3) is 0.510. The van der Waals surface area contributed by atoms with Crippen LogP contribution >= 0.6 is 0 Å². The molecule has 2 N–H and O–H groups in total. The van der Waals surface area contributed by atoms with Gasteiger partial charge in [-0.05, 0) is 135 Å². The van der Waals surface area contributed by atoms with Gasteiger partial charge in [0.1, 0.15) is 11.6 Å². The number of carbonyl (C=O) groups excluding carboxylic acids is 2. The lowest BCUT2D eigenvalue weighted by Crippen LogP contribution is -2.28. The lowest BCUT2D eigenvalue weighted by atomic mass is 9.77. The summed E-state index contributed by atoms with van der Waals surface area (Å²) in [5, 5.41) is 19.8. The molecule has 0 atom stereocenters. The number of esters is 2. The van der Waals surface area contributed by atoms with Gasteiger partial charge >= 0.3 is 11.9 Å². The third kappa shape index (κ3) is 13.7. The van der Waals surface area contributed by atoms with Crippen molar-refractivity contribution in [3.8, 4) is 28.0 Å². The maximum Gasteiger partial charge on any atom is 0.333 e. The molecule has 1 aliphatic rings. The van der Waals surface area contributed by atoms with Crippen LogP contribution in [0.4, 0.5) is 4.39 Å². The van der Waals surface area contributed by atoms with Crippen LogP contribution in [0.1, 0.15) is 121 Å². The van der Waals surface area contributed by atoms with Crippen molar-refractivity contribution < 1.29 is 38.4 Å². The Morgan fingerprint density at radius 3 is 1.82 bits per heavy atom. The summed E-state index contributed by atoms with van der Waals surface area (Å²) >= 11 is 0. The molecule has 8 heteroatoms. The second-order valence-electron chi connectivity index (χ2n) is 16.4. The number of halogens is 1. The van der Waals surface area contributed by atoms with Crippen LogP contribution in [0.5, 0.6) is 5.75 Å². The van der Waals surface area contributed by atoms with Gasteiger partial charge in [0.15, 0.2) is 0 Å². The molecule has 0 spiro atoms. The number of aliphatic hydroxyl groups excluding tert-OH is 2. The molecule has 310 valence electrons. The largest absolute Gasteiger partial charge is 0.493 e. The van der Waals surface area contributed by atoms with Crippen LogP contribution in [0.2, 0.25) is 0 Å². The van der Waals surface area contributed by atoms with Crippen LogP contribution in [0.3, 0.4) is 0 Å². The van der Waals surface area contributed by atoms with E-state index in [9.17, 15) is 19.8 Å². The zero-order valence-electron chi connectivity index (χ0n) is 34.8. The molecule has 1 saturated carbocycles. The molecule has 1 fully saturated rings. The third-order valence-electron chi connectivity index (χ3n) is 11.4. The van der Waals surface area contributed by atoms with Crippen LogP contribution in [-0.2, 0) is 31.9 Å². The van der Waals surface area contributed by atoms with Crippen molar-refractivity contribution in [2.24, 2.45) is 11.3 Å². The SMILES string of the molecule is C=C(C)C(=O)OCCCc1cc(-c2ccc(-c3ccc(C4CCC(CCCCC)CC4)cc3)cc2F)cc(CCCOC(=O)C(=C)C)c1OCCC(C)(CO)CO. The highest BCUT2D eigenvalue weighted by atomic mass is 19.1. The van der Waals surface area contributed by atoms with Crippen molar-refractivity contribution >= 4 is 11.9 Å². The van der Waals surface area contributed by atoms with E-state index in [2.05, 4.69) is 44.3 Å². The summed E-state index contributed by atoms with van der Waals surface area (Å²) in [5.41, 5.74) is 5.76. The molecule has 0 aliphatic heterocycles. The summed E-state index contributed by atoms with van der Waals surface area (Å²) in [6.45, 7) is 14.7. The number of aryl methyl sites for hydroxylation is 2. The molecule has 0 heterocycles. The van der Waals surface area contributed by atoms with Gasteiger partial charge in [-0.2, -0.15) is 0 Å². The smallest absolute Gasteiger partial charge is 0.333 e. The Balaban J connectivity index is 1.60. The van der Waals surface area contributed by atoms with Gasteiger partial charge in [-0.25, -0.2) is 14.0 Å². The highest BCUT2D eigenvalue weighted by Gasteiger charge is 2.24. The summed E-state index contributed by atoms with van der Waals surface area (Å²) in [7, 11) is 0. The Kier molecular flexibility index (Phi) is 18.0. The fourth-order valence-electron chi connectivity index (χ4n) is 7.52. The molecule has 7 nitrogen and oxygen atoms in total. The first-order valence-corrected chi connectivity index (χ1v) is 20.9. The lowest BCUT2D eigenvalue weighted by molar-refractivity contribution is -0.139. The van der Waals surface area contributed by atoms with E-state index in [1.165, 1.54) is 56.9 Å². The summed E-state index contributed by atoms with van der Waals surface area (Å²) in [5.74, 6) is 0.778. The van der Waals surface area contributed by atoms with E-state index in [-0.39, 0.29) is 38.9 Å². The number of rotatable bonds is 23. The summed E-state index contributed by atoms with van der Waals surface area (Å²) in [6.07, 6.45) is 12.7. The molecular weight excluding hydrogens is 720 g/mol. The molecule has 3 aromatic rings. The van der Waals surface area contributed by atoms with Gasteiger partial charge in [0, 0.05) is 22.1 Å². The minimum atomic E-state index is -0.730. The fourth-order valence-corrected chi connectivity index (χ4v) is 7.52. The standard InChI is InChI=1S/C49H65FO7/c1-7-8-9-12-36-15-17-37(18-16-36)38-19-21-39(22-20-38)40-23-24-44(45(50)31-40)43-29-41(13-10-26-56-47(53)34(2)3)46(55-28-25-49(6,32-51)33-52)42(30-43)14-11-27-57-48(54)35(4)5/h19-24,29-31,36-37,51-52H,2,4,7-18,25-28,32-33H2,1,3,5-6H3. The molecular formula is C49H65FO7. The number of aliphatic hydroxyl groups is 2. The molecule has 1 aliphatic carbocycles. The second kappa shape index (κ2) is 22.6. The molecule has 0 radical (unpaired) electrons. The summed E-state index contributed by atoms with van der Waals surface area (Å²) < 4.78 is 33.4. The topological polar surface area (TPSA) is 102 Å². The molecule has 4 rings (SSSR count). The molecule has 0 unspecified atom stereocenters. The van der Waals surface area contributed by atoms with E-state index in [1.54, 1.807) is 26.8 Å². The van der Waals surface area contributed by atoms with Gasteiger partial charge in [-0.15, -0.1) is 0 Å². The number of hydrogen-bond acceptors (Lipinski definition) is 7. The van der Waals surface area contributed by atoms with E-state index >= 15 is 4.39 Å². The minimum Gasteiger partial charge on any atom is -0.493 e. The normalized spacial score (nSPS) is 15.6. The zero-order valence-corrected chi connectivity index (χ0v) is 34.8. The quantitative estimate of drug-likeness (QED) is 0.0561. The number of hydrogen-bond donors (Lipinski definition) is 2. The van der Waals surface area contributed by atoms with Crippen LogP contribution in [-0.4, -0.2) is 55.2 Å². The lowest BCUT2D eigenvalue weighted by Gasteiger charge is -2.29. The first kappa shape index (κ1) is 45.4. The van der Waals surface area contributed by atoms with Crippen LogP contribution in [0.15, 0.2) is 78.9 Å².